The Hall–Kier alpha value is -0.280. The number of ether oxygens (including phenoxy) is 1. The monoisotopic (exact) mass is 310 g/mol. The van der Waals surface area contributed by atoms with E-state index in [1.54, 1.807) is 13.8 Å². The maximum atomic E-state index is 12.0. The second-order valence-corrected chi connectivity index (χ2v) is 6.80. The summed E-state index contributed by atoms with van der Waals surface area (Å²) >= 11 is 1.28. The number of fused-ring (bicyclic) bond motifs is 1. The van der Waals surface area contributed by atoms with Gasteiger partial charge in [0.05, 0.1) is 10.7 Å². The summed E-state index contributed by atoms with van der Waals surface area (Å²) in [6.07, 6.45) is -0.681. The molecule has 20 heavy (non-hydrogen) atoms. The fourth-order valence-electron chi connectivity index (χ4n) is 2.66. The standard InChI is InChI=1S/C11H16N2O5S.Na/c1-5(14)12-11(9(16)17)10(2,3)19-8-6(18-4)7(15)13(8)11;/h6,8H,1-4H3,(H,12,14)(H,16,17);/q;+1/p-1/t6-,8+,11-;/m0./s1. The Morgan fingerprint density at radius 1 is 1.45 bits per heavy atom. The maximum absolute atomic E-state index is 12.0. The van der Waals surface area contributed by atoms with Crippen molar-refractivity contribution in [3.05, 3.63) is 0 Å². The SMILES string of the molecule is CO[C@H]1C(=O)N2[C@@H]1SC(C)(C)[C@]2(NC(C)=O)C(=O)[O-].[Na+]. The van der Waals surface area contributed by atoms with Gasteiger partial charge in [-0.05, 0) is 13.8 Å². The molecule has 2 heterocycles. The molecule has 0 aromatic heterocycles. The number of thioether (sulfide) groups is 1. The molecular weight excluding hydrogens is 295 g/mol. The van der Waals surface area contributed by atoms with E-state index in [0.717, 1.165) is 4.90 Å². The molecule has 0 radical (unpaired) electrons. The molecule has 2 amide bonds. The van der Waals surface area contributed by atoms with Crippen LogP contribution in [0.25, 0.3) is 0 Å². The molecular formula is C11H15N2NaO5S. The van der Waals surface area contributed by atoms with Gasteiger partial charge in [0.15, 0.2) is 11.8 Å². The summed E-state index contributed by atoms with van der Waals surface area (Å²) in [7, 11) is 1.39. The molecule has 1 N–H and O–H groups in total. The van der Waals surface area contributed by atoms with Gasteiger partial charge in [-0.3, -0.25) is 14.5 Å². The van der Waals surface area contributed by atoms with E-state index in [1.807, 2.05) is 0 Å². The Balaban J connectivity index is 0.00000200. The van der Waals surface area contributed by atoms with Crippen LogP contribution in [0.1, 0.15) is 20.8 Å². The summed E-state index contributed by atoms with van der Waals surface area (Å²) in [5.74, 6) is -2.48. The number of nitrogens with one attached hydrogen (secondary N) is 1. The van der Waals surface area contributed by atoms with Crippen LogP contribution in [0.2, 0.25) is 0 Å². The summed E-state index contributed by atoms with van der Waals surface area (Å²) in [5, 5.41) is 13.6. The number of hydrogen-bond acceptors (Lipinski definition) is 6. The fourth-order valence-corrected chi connectivity index (χ4v) is 4.39. The van der Waals surface area contributed by atoms with Gasteiger partial charge in [0.1, 0.15) is 5.37 Å². The Morgan fingerprint density at radius 2 is 2.00 bits per heavy atom. The molecule has 2 aliphatic rings. The number of carbonyl (C=O) groups is 3. The van der Waals surface area contributed by atoms with Gasteiger partial charge in [-0.1, -0.05) is 0 Å². The molecule has 0 aromatic carbocycles. The van der Waals surface area contributed by atoms with Crippen LogP contribution in [0.5, 0.6) is 0 Å². The number of β-lactam (4-membered cyclic amide) rings is 1. The van der Waals surface area contributed by atoms with Gasteiger partial charge in [0.2, 0.25) is 5.91 Å². The first kappa shape index (κ1) is 17.8. The minimum atomic E-state index is -1.85. The molecule has 2 aliphatic heterocycles. The number of rotatable bonds is 3. The second kappa shape index (κ2) is 5.49. The van der Waals surface area contributed by atoms with E-state index >= 15 is 0 Å². The molecule has 7 nitrogen and oxygen atoms in total. The van der Waals surface area contributed by atoms with Gasteiger partial charge >= 0.3 is 29.6 Å². The van der Waals surface area contributed by atoms with Gasteiger partial charge in [-0.25, -0.2) is 0 Å². The van der Waals surface area contributed by atoms with Crippen molar-refractivity contribution in [2.75, 3.05) is 7.11 Å². The van der Waals surface area contributed by atoms with E-state index in [4.69, 9.17) is 4.74 Å². The third kappa shape index (κ3) is 2.09. The Labute approximate surface area is 143 Å². The van der Waals surface area contributed by atoms with Crippen molar-refractivity contribution in [1.29, 1.82) is 0 Å². The van der Waals surface area contributed by atoms with Crippen LogP contribution >= 0.6 is 11.8 Å². The molecule has 2 rings (SSSR count). The minimum absolute atomic E-state index is 0. The van der Waals surface area contributed by atoms with E-state index in [-0.39, 0.29) is 29.6 Å². The van der Waals surface area contributed by atoms with Crippen molar-refractivity contribution < 1.29 is 53.8 Å². The average molecular weight is 310 g/mol. The number of hydrogen-bond donors (Lipinski definition) is 1. The average Bonchev–Trinajstić information content (AvgIpc) is 2.45. The van der Waals surface area contributed by atoms with Crippen LogP contribution < -0.4 is 40.0 Å². The molecule has 0 saturated carbocycles. The van der Waals surface area contributed by atoms with Gasteiger partial charge in [0, 0.05) is 14.0 Å². The van der Waals surface area contributed by atoms with E-state index in [0.29, 0.717) is 0 Å². The van der Waals surface area contributed by atoms with Crippen LogP contribution in [-0.4, -0.2) is 51.7 Å². The van der Waals surface area contributed by atoms with Crippen molar-refractivity contribution in [3.63, 3.8) is 0 Å². The molecule has 0 bridgehead atoms. The van der Waals surface area contributed by atoms with Crippen LogP contribution in [0.3, 0.4) is 0 Å². The number of nitrogens with zero attached hydrogens (tertiary/aromatic N) is 1. The van der Waals surface area contributed by atoms with Crippen molar-refractivity contribution >= 4 is 29.5 Å². The molecule has 0 spiro atoms. The van der Waals surface area contributed by atoms with Crippen LogP contribution in [0.4, 0.5) is 0 Å². The van der Waals surface area contributed by atoms with Gasteiger partial charge in [-0.2, -0.15) is 0 Å². The third-order valence-corrected chi connectivity index (χ3v) is 5.13. The zero-order valence-electron chi connectivity index (χ0n) is 12.1. The molecule has 3 atom stereocenters. The second-order valence-electron chi connectivity index (χ2n) is 5.06. The summed E-state index contributed by atoms with van der Waals surface area (Å²) in [6.45, 7) is 4.51. The van der Waals surface area contributed by atoms with Crippen LogP contribution in [-0.2, 0) is 19.1 Å². The summed E-state index contributed by atoms with van der Waals surface area (Å²) in [4.78, 5) is 36.1. The van der Waals surface area contributed by atoms with Crippen molar-refractivity contribution in [3.8, 4) is 0 Å². The summed E-state index contributed by atoms with van der Waals surface area (Å²) in [5.41, 5.74) is -1.85. The fraction of sp³-hybridized carbons (Fsp3) is 0.727. The molecule has 2 fully saturated rings. The van der Waals surface area contributed by atoms with E-state index in [2.05, 4.69) is 5.32 Å². The summed E-state index contributed by atoms with van der Waals surface area (Å²) in [6, 6.07) is 0. The Bertz CT molecular complexity index is 472. The molecule has 9 heteroatoms. The number of carboxylic acids is 1. The van der Waals surface area contributed by atoms with Gasteiger partial charge < -0.3 is 20.0 Å². The summed E-state index contributed by atoms with van der Waals surface area (Å²) < 4.78 is 4.12. The number of amides is 2. The van der Waals surface area contributed by atoms with Crippen molar-refractivity contribution in [2.24, 2.45) is 0 Å². The number of carboxylic acid groups (broad SMARTS) is 1. The first-order valence-electron chi connectivity index (χ1n) is 5.73. The quantitative estimate of drug-likeness (QED) is 0.415. The Kier molecular flexibility index (Phi) is 4.88. The zero-order chi connectivity index (χ0) is 14.6. The predicted octanol–water partition coefficient (Wildman–Crippen LogP) is -4.72. The number of carbonyl (C=O) groups excluding carboxylic acids is 3. The van der Waals surface area contributed by atoms with E-state index < -0.39 is 39.7 Å². The number of methoxy groups -OCH3 is 1. The topological polar surface area (TPSA) is 98.8 Å². The third-order valence-electron chi connectivity index (χ3n) is 3.55. The van der Waals surface area contributed by atoms with Gasteiger partial charge in [-0.15, -0.1) is 11.8 Å². The smallest absolute Gasteiger partial charge is 0.545 e. The predicted molar refractivity (Wildman–Crippen MR) is 64.7 cm³/mol. The van der Waals surface area contributed by atoms with Crippen LogP contribution in [0, 0.1) is 0 Å². The molecule has 0 unspecified atom stereocenters. The molecule has 0 aliphatic carbocycles. The molecule has 2 saturated heterocycles. The van der Waals surface area contributed by atoms with E-state index in [9.17, 15) is 19.5 Å². The maximum Gasteiger partial charge on any atom is 1.00 e. The largest absolute Gasteiger partial charge is 1.00 e. The normalized spacial score (nSPS) is 33.8. The van der Waals surface area contributed by atoms with Crippen molar-refractivity contribution in [1.82, 2.24) is 10.2 Å². The minimum Gasteiger partial charge on any atom is -0.545 e. The number of aliphatic carboxylic acids is 1. The first-order chi connectivity index (χ1) is 8.69. The van der Waals surface area contributed by atoms with E-state index in [1.165, 1.54) is 25.8 Å². The van der Waals surface area contributed by atoms with Crippen LogP contribution in [0.15, 0.2) is 0 Å². The zero-order valence-corrected chi connectivity index (χ0v) is 14.9. The molecule has 0 aromatic rings. The Morgan fingerprint density at radius 3 is 2.40 bits per heavy atom. The first-order valence-corrected chi connectivity index (χ1v) is 6.61. The van der Waals surface area contributed by atoms with Crippen molar-refractivity contribution in [2.45, 2.75) is 42.7 Å². The van der Waals surface area contributed by atoms with Gasteiger partial charge in [0.25, 0.3) is 5.91 Å². The molecule has 106 valence electrons.